The van der Waals surface area contributed by atoms with E-state index in [0.717, 1.165) is 24.6 Å². The lowest BCUT2D eigenvalue weighted by molar-refractivity contribution is -0.144. The predicted octanol–water partition coefficient (Wildman–Crippen LogP) is -0.519. The van der Waals surface area contributed by atoms with Crippen LogP contribution in [0.15, 0.2) is 0 Å². The SMILES string of the molecule is O=C(O)[C@H](CO)N1CCSCC1. The van der Waals surface area contributed by atoms with Crippen molar-refractivity contribution in [3.8, 4) is 0 Å². The van der Waals surface area contributed by atoms with E-state index in [9.17, 15) is 4.79 Å². The van der Waals surface area contributed by atoms with E-state index in [0.29, 0.717) is 0 Å². The Morgan fingerprint density at radius 1 is 1.50 bits per heavy atom. The molecule has 0 aliphatic carbocycles. The summed E-state index contributed by atoms with van der Waals surface area (Å²) in [6.45, 7) is 1.24. The maximum atomic E-state index is 10.6. The van der Waals surface area contributed by atoms with Crippen LogP contribution in [-0.2, 0) is 4.79 Å². The molecule has 2 N–H and O–H groups in total. The van der Waals surface area contributed by atoms with Crippen molar-refractivity contribution in [1.82, 2.24) is 4.90 Å². The lowest BCUT2D eigenvalue weighted by Gasteiger charge is -2.30. The number of nitrogens with zero attached hydrogens (tertiary/aromatic N) is 1. The Kier molecular flexibility index (Phi) is 3.84. The van der Waals surface area contributed by atoms with Crippen molar-refractivity contribution < 1.29 is 15.0 Å². The molecule has 0 unspecified atom stereocenters. The quantitative estimate of drug-likeness (QED) is 0.628. The fourth-order valence-electron chi connectivity index (χ4n) is 1.24. The summed E-state index contributed by atoms with van der Waals surface area (Å²) < 4.78 is 0. The molecule has 1 aliphatic rings. The molecule has 0 aromatic rings. The third-order valence-corrected chi connectivity index (χ3v) is 2.89. The minimum atomic E-state index is -0.926. The van der Waals surface area contributed by atoms with E-state index in [4.69, 9.17) is 10.2 Å². The summed E-state index contributed by atoms with van der Waals surface area (Å²) in [5.41, 5.74) is 0. The molecule has 1 fully saturated rings. The molecule has 12 heavy (non-hydrogen) atoms. The largest absolute Gasteiger partial charge is 0.480 e. The van der Waals surface area contributed by atoms with Gasteiger partial charge in [0.2, 0.25) is 0 Å². The number of hydrogen-bond acceptors (Lipinski definition) is 4. The van der Waals surface area contributed by atoms with Crippen molar-refractivity contribution in [2.24, 2.45) is 0 Å². The third-order valence-electron chi connectivity index (χ3n) is 1.94. The third kappa shape index (κ3) is 2.36. The first kappa shape index (κ1) is 9.83. The first-order valence-electron chi connectivity index (χ1n) is 3.91. The van der Waals surface area contributed by atoms with Crippen LogP contribution in [0.5, 0.6) is 0 Å². The number of carboxylic acid groups (broad SMARTS) is 1. The summed E-state index contributed by atoms with van der Waals surface area (Å²) in [7, 11) is 0. The molecule has 0 saturated carbocycles. The number of aliphatic hydroxyl groups excluding tert-OH is 1. The van der Waals surface area contributed by atoms with Gasteiger partial charge in [-0.3, -0.25) is 9.69 Å². The zero-order chi connectivity index (χ0) is 8.97. The summed E-state index contributed by atoms with van der Waals surface area (Å²) in [6.07, 6.45) is 0. The molecule has 70 valence electrons. The average Bonchev–Trinajstić information content (AvgIpc) is 2.07. The number of hydrogen-bond donors (Lipinski definition) is 2. The minimum absolute atomic E-state index is 0.292. The van der Waals surface area contributed by atoms with Gasteiger partial charge in [-0.2, -0.15) is 11.8 Å². The van der Waals surface area contributed by atoms with Crippen molar-refractivity contribution in [1.29, 1.82) is 0 Å². The molecule has 0 amide bonds. The van der Waals surface area contributed by atoms with Gasteiger partial charge in [0.05, 0.1) is 6.61 Å². The van der Waals surface area contributed by atoms with Crippen LogP contribution in [0, 0.1) is 0 Å². The Hall–Kier alpha value is -0.260. The smallest absolute Gasteiger partial charge is 0.323 e. The number of thioether (sulfide) groups is 1. The topological polar surface area (TPSA) is 60.8 Å². The van der Waals surface area contributed by atoms with Crippen LogP contribution >= 0.6 is 11.8 Å². The van der Waals surface area contributed by atoms with Crippen molar-refractivity contribution in [3.05, 3.63) is 0 Å². The molecule has 1 rings (SSSR count). The molecule has 1 atom stereocenters. The molecule has 1 saturated heterocycles. The Balaban J connectivity index is 2.46. The van der Waals surface area contributed by atoms with Crippen LogP contribution in [0.3, 0.4) is 0 Å². The lowest BCUT2D eigenvalue weighted by atomic mass is 10.2. The number of aliphatic hydroxyl groups is 1. The first-order chi connectivity index (χ1) is 5.75. The van der Waals surface area contributed by atoms with Crippen LogP contribution in [-0.4, -0.2) is 58.3 Å². The van der Waals surface area contributed by atoms with Crippen LogP contribution in [0.1, 0.15) is 0 Å². The highest BCUT2D eigenvalue weighted by Crippen LogP contribution is 2.11. The van der Waals surface area contributed by atoms with Gasteiger partial charge in [0.1, 0.15) is 6.04 Å². The number of carboxylic acids is 1. The second-order valence-corrected chi connectivity index (χ2v) is 3.91. The lowest BCUT2D eigenvalue weighted by Crippen LogP contribution is -2.47. The van der Waals surface area contributed by atoms with Crippen LogP contribution in [0.25, 0.3) is 0 Å². The van der Waals surface area contributed by atoms with Gasteiger partial charge in [0.25, 0.3) is 0 Å². The van der Waals surface area contributed by atoms with Gasteiger partial charge < -0.3 is 10.2 Å². The molecule has 4 nitrogen and oxygen atoms in total. The highest BCUT2D eigenvalue weighted by atomic mass is 32.2. The fourth-order valence-corrected chi connectivity index (χ4v) is 2.17. The van der Waals surface area contributed by atoms with E-state index < -0.39 is 12.0 Å². The molecule has 0 aromatic carbocycles. The Morgan fingerprint density at radius 2 is 2.08 bits per heavy atom. The minimum Gasteiger partial charge on any atom is -0.480 e. The van der Waals surface area contributed by atoms with Crippen molar-refractivity contribution >= 4 is 17.7 Å². The zero-order valence-electron chi connectivity index (χ0n) is 6.77. The molecule has 0 bridgehead atoms. The van der Waals surface area contributed by atoms with Gasteiger partial charge in [0, 0.05) is 24.6 Å². The standard InChI is InChI=1S/C7H13NO3S/c9-5-6(7(10)11)8-1-3-12-4-2-8/h6,9H,1-5H2,(H,10,11)/t6-/m0/s1. The summed E-state index contributed by atoms with van der Waals surface area (Å²) in [5.74, 6) is 0.998. The van der Waals surface area contributed by atoms with Crippen LogP contribution < -0.4 is 0 Å². The van der Waals surface area contributed by atoms with Crippen LogP contribution in [0.4, 0.5) is 0 Å². The van der Waals surface area contributed by atoms with Gasteiger partial charge in [-0.05, 0) is 0 Å². The molecular formula is C7H13NO3S. The van der Waals surface area contributed by atoms with E-state index in [1.165, 1.54) is 0 Å². The molecule has 0 aromatic heterocycles. The second-order valence-electron chi connectivity index (χ2n) is 2.68. The maximum Gasteiger partial charge on any atom is 0.323 e. The molecular weight excluding hydrogens is 178 g/mol. The van der Waals surface area contributed by atoms with E-state index in [-0.39, 0.29) is 6.61 Å². The van der Waals surface area contributed by atoms with E-state index in [1.807, 2.05) is 16.7 Å². The number of carbonyl (C=O) groups is 1. The second kappa shape index (κ2) is 4.69. The Bertz CT molecular complexity index is 159. The summed E-state index contributed by atoms with van der Waals surface area (Å²) in [5, 5.41) is 17.5. The molecule has 5 heteroatoms. The van der Waals surface area contributed by atoms with E-state index >= 15 is 0 Å². The maximum absolute atomic E-state index is 10.6. The summed E-state index contributed by atoms with van der Waals surface area (Å²) in [6, 6.07) is -0.703. The van der Waals surface area contributed by atoms with Crippen molar-refractivity contribution in [2.75, 3.05) is 31.2 Å². The van der Waals surface area contributed by atoms with Crippen LogP contribution in [0.2, 0.25) is 0 Å². The van der Waals surface area contributed by atoms with Gasteiger partial charge in [-0.25, -0.2) is 0 Å². The van der Waals surface area contributed by atoms with Gasteiger partial charge in [0.15, 0.2) is 0 Å². The monoisotopic (exact) mass is 191 g/mol. The van der Waals surface area contributed by atoms with E-state index in [2.05, 4.69) is 0 Å². The van der Waals surface area contributed by atoms with Crippen molar-refractivity contribution in [3.63, 3.8) is 0 Å². The van der Waals surface area contributed by atoms with Crippen molar-refractivity contribution in [2.45, 2.75) is 6.04 Å². The molecule has 1 heterocycles. The van der Waals surface area contributed by atoms with E-state index in [1.54, 1.807) is 0 Å². The van der Waals surface area contributed by atoms with Gasteiger partial charge >= 0.3 is 5.97 Å². The number of aliphatic carboxylic acids is 1. The first-order valence-corrected chi connectivity index (χ1v) is 5.06. The molecule has 0 radical (unpaired) electrons. The molecule has 1 aliphatic heterocycles. The average molecular weight is 191 g/mol. The fraction of sp³-hybridized carbons (Fsp3) is 0.857. The molecule has 0 spiro atoms. The highest BCUT2D eigenvalue weighted by Gasteiger charge is 2.25. The predicted molar refractivity (Wildman–Crippen MR) is 47.4 cm³/mol. The van der Waals surface area contributed by atoms with Gasteiger partial charge in [-0.15, -0.1) is 0 Å². The summed E-state index contributed by atoms with van der Waals surface area (Å²) in [4.78, 5) is 12.4. The van der Waals surface area contributed by atoms with Gasteiger partial charge in [-0.1, -0.05) is 0 Å². The highest BCUT2D eigenvalue weighted by molar-refractivity contribution is 7.99. The normalized spacial score (nSPS) is 22.1. The Labute approximate surface area is 75.6 Å². The Morgan fingerprint density at radius 3 is 2.50 bits per heavy atom. The summed E-state index contributed by atoms with van der Waals surface area (Å²) >= 11 is 1.82. The zero-order valence-corrected chi connectivity index (χ0v) is 7.59. The number of rotatable bonds is 3.